The molecule has 0 fully saturated rings. The maximum Gasteiger partial charge on any atom is 0.258 e. The number of anilines is 3. The molecule has 3 aromatic rings. The van der Waals surface area contributed by atoms with E-state index in [4.69, 9.17) is 23.2 Å². The van der Waals surface area contributed by atoms with E-state index in [1.807, 2.05) is 30.3 Å². The van der Waals surface area contributed by atoms with Crippen LogP contribution in [0.5, 0.6) is 0 Å². The number of rotatable bonds is 6. The number of carbonyl (C=O) groups excluding carboxylic acids is 2. The zero-order valence-corrected chi connectivity index (χ0v) is 17.2. The maximum atomic E-state index is 12.6. The van der Waals surface area contributed by atoms with Gasteiger partial charge in [-0.1, -0.05) is 47.5 Å². The molecule has 0 radical (unpaired) electrons. The first-order valence-corrected chi connectivity index (χ1v) is 9.62. The Kier molecular flexibility index (Phi) is 6.75. The summed E-state index contributed by atoms with van der Waals surface area (Å²) in [5, 5.41) is 6.50. The Balaban J connectivity index is 1.58. The van der Waals surface area contributed by atoms with Gasteiger partial charge in [0.1, 0.15) is 0 Å². The molecule has 0 aliphatic rings. The highest BCUT2D eigenvalue weighted by Gasteiger charge is 2.13. The molecule has 0 bridgehead atoms. The minimum absolute atomic E-state index is 0.0253. The smallest absolute Gasteiger partial charge is 0.258 e. The Morgan fingerprint density at radius 1 is 0.897 bits per heavy atom. The van der Waals surface area contributed by atoms with Crippen molar-refractivity contribution in [3.63, 3.8) is 0 Å². The minimum atomic E-state index is -0.249. The van der Waals surface area contributed by atoms with Gasteiger partial charge in [0.2, 0.25) is 5.91 Å². The van der Waals surface area contributed by atoms with Gasteiger partial charge in [0, 0.05) is 24.0 Å². The maximum absolute atomic E-state index is 12.6. The fourth-order valence-electron chi connectivity index (χ4n) is 2.68. The van der Waals surface area contributed by atoms with Crippen molar-refractivity contribution in [2.75, 3.05) is 29.1 Å². The lowest BCUT2D eigenvalue weighted by Crippen LogP contribution is -2.26. The summed E-state index contributed by atoms with van der Waals surface area (Å²) in [5.74, 6) is -0.382. The second-order valence-electron chi connectivity index (χ2n) is 6.28. The molecule has 29 heavy (non-hydrogen) atoms. The molecule has 0 saturated heterocycles. The molecule has 0 aliphatic carbocycles. The zero-order chi connectivity index (χ0) is 20.8. The SMILES string of the molecule is CN(C(=O)c1ccc(NC(=O)CNc2cccc(Cl)c2Cl)cc1)c1ccccc1. The van der Waals surface area contributed by atoms with Crippen LogP contribution in [0, 0.1) is 0 Å². The van der Waals surface area contributed by atoms with Crippen LogP contribution in [-0.4, -0.2) is 25.4 Å². The highest BCUT2D eigenvalue weighted by atomic mass is 35.5. The van der Waals surface area contributed by atoms with Gasteiger partial charge in [-0.05, 0) is 48.5 Å². The number of nitrogens with zero attached hydrogens (tertiary/aromatic N) is 1. The third-order valence-corrected chi connectivity index (χ3v) is 5.07. The lowest BCUT2D eigenvalue weighted by molar-refractivity contribution is -0.114. The lowest BCUT2D eigenvalue weighted by Gasteiger charge is -2.17. The second-order valence-corrected chi connectivity index (χ2v) is 7.07. The fourth-order valence-corrected chi connectivity index (χ4v) is 3.05. The molecule has 7 heteroatoms. The van der Waals surface area contributed by atoms with E-state index in [1.54, 1.807) is 54.4 Å². The van der Waals surface area contributed by atoms with Crippen molar-refractivity contribution in [2.45, 2.75) is 0 Å². The molecule has 0 spiro atoms. The Labute approximate surface area is 179 Å². The van der Waals surface area contributed by atoms with Crippen LogP contribution >= 0.6 is 23.2 Å². The van der Waals surface area contributed by atoms with Crippen molar-refractivity contribution >= 4 is 52.1 Å². The number of nitrogens with one attached hydrogen (secondary N) is 2. The standard InChI is InChI=1S/C22H19Cl2N3O2/c1-27(17-6-3-2-4-7-17)22(29)15-10-12-16(13-11-15)26-20(28)14-25-19-9-5-8-18(23)21(19)24/h2-13,25H,14H2,1H3,(H,26,28). The van der Waals surface area contributed by atoms with Crippen LogP contribution < -0.4 is 15.5 Å². The van der Waals surface area contributed by atoms with Gasteiger partial charge in [-0.15, -0.1) is 0 Å². The van der Waals surface area contributed by atoms with Crippen LogP contribution in [0.15, 0.2) is 72.8 Å². The summed E-state index contributed by atoms with van der Waals surface area (Å²) in [6, 6.07) is 21.3. The van der Waals surface area contributed by atoms with Crippen molar-refractivity contribution in [3.05, 3.63) is 88.4 Å². The molecular formula is C22H19Cl2N3O2. The van der Waals surface area contributed by atoms with Crippen LogP contribution in [0.25, 0.3) is 0 Å². The van der Waals surface area contributed by atoms with Gasteiger partial charge < -0.3 is 15.5 Å². The number of para-hydroxylation sites is 1. The predicted molar refractivity (Wildman–Crippen MR) is 119 cm³/mol. The monoisotopic (exact) mass is 427 g/mol. The Hall–Kier alpha value is -3.02. The van der Waals surface area contributed by atoms with Gasteiger partial charge in [0.15, 0.2) is 0 Å². The van der Waals surface area contributed by atoms with Gasteiger partial charge in [-0.25, -0.2) is 0 Å². The first-order valence-electron chi connectivity index (χ1n) is 8.86. The second kappa shape index (κ2) is 9.45. The van der Waals surface area contributed by atoms with Crippen molar-refractivity contribution in [3.8, 4) is 0 Å². The first kappa shape index (κ1) is 20.7. The van der Waals surface area contributed by atoms with E-state index in [0.717, 1.165) is 5.69 Å². The largest absolute Gasteiger partial charge is 0.375 e. The van der Waals surface area contributed by atoms with E-state index in [0.29, 0.717) is 27.0 Å². The van der Waals surface area contributed by atoms with Crippen molar-refractivity contribution in [1.82, 2.24) is 0 Å². The summed E-state index contributed by atoms with van der Waals surface area (Å²) >= 11 is 12.0. The van der Waals surface area contributed by atoms with E-state index < -0.39 is 0 Å². The minimum Gasteiger partial charge on any atom is -0.375 e. The molecule has 2 N–H and O–H groups in total. The molecule has 0 aromatic heterocycles. The van der Waals surface area contributed by atoms with Gasteiger partial charge in [-0.2, -0.15) is 0 Å². The molecule has 148 valence electrons. The number of carbonyl (C=O) groups is 2. The molecule has 5 nitrogen and oxygen atoms in total. The van der Waals surface area contributed by atoms with Gasteiger partial charge >= 0.3 is 0 Å². The number of benzene rings is 3. The first-order chi connectivity index (χ1) is 14.0. The van der Waals surface area contributed by atoms with E-state index in [1.165, 1.54) is 0 Å². The number of halogens is 2. The summed E-state index contributed by atoms with van der Waals surface area (Å²) in [6.45, 7) is 0.0253. The van der Waals surface area contributed by atoms with Crippen molar-refractivity contribution in [1.29, 1.82) is 0 Å². The number of amides is 2. The predicted octanol–water partition coefficient (Wildman–Crippen LogP) is 5.32. The average molecular weight is 428 g/mol. The normalized spacial score (nSPS) is 10.3. The van der Waals surface area contributed by atoms with Crippen LogP contribution in [-0.2, 0) is 4.79 Å². The Morgan fingerprint density at radius 2 is 1.59 bits per heavy atom. The van der Waals surface area contributed by atoms with Gasteiger partial charge in [-0.3, -0.25) is 9.59 Å². The van der Waals surface area contributed by atoms with Crippen molar-refractivity contribution in [2.24, 2.45) is 0 Å². The lowest BCUT2D eigenvalue weighted by atomic mass is 10.1. The van der Waals surface area contributed by atoms with E-state index in [2.05, 4.69) is 10.6 Å². The quantitative estimate of drug-likeness (QED) is 0.559. The Bertz CT molecular complexity index is 1010. The van der Waals surface area contributed by atoms with Crippen LogP contribution in [0.2, 0.25) is 10.0 Å². The molecule has 0 unspecified atom stereocenters. The third kappa shape index (κ3) is 5.28. The molecule has 0 aliphatic heterocycles. The molecule has 3 rings (SSSR count). The summed E-state index contributed by atoms with van der Waals surface area (Å²) in [4.78, 5) is 26.3. The molecule has 0 atom stereocenters. The highest BCUT2D eigenvalue weighted by Crippen LogP contribution is 2.29. The van der Waals surface area contributed by atoms with Gasteiger partial charge in [0.25, 0.3) is 5.91 Å². The summed E-state index contributed by atoms with van der Waals surface area (Å²) in [5.41, 5.74) is 2.51. The molecule has 0 saturated carbocycles. The van der Waals surface area contributed by atoms with Gasteiger partial charge in [0.05, 0.1) is 22.3 Å². The summed E-state index contributed by atoms with van der Waals surface area (Å²) in [6.07, 6.45) is 0. The van der Waals surface area contributed by atoms with E-state index >= 15 is 0 Å². The summed E-state index contributed by atoms with van der Waals surface area (Å²) in [7, 11) is 1.72. The fraction of sp³-hybridized carbons (Fsp3) is 0.0909. The average Bonchev–Trinajstić information content (AvgIpc) is 2.75. The number of hydrogen-bond donors (Lipinski definition) is 2. The molecule has 2 amide bonds. The van der Waals surface area contributed by atoms with Crippen LogP contribution in [0.3, 0.4) is 0 Å². The molecule has 3 aromatic carbocycles. The van der Waals surface area contributed by atoms with Crippen LogP contribution in [0.4, 0.5) is 17.1 Å². The van der Waals surface area contributed by atoms with Crippen molar-refractivity contribution < 1.29 is 9.59 Å². The van der Waals surface area contributed by atoms with E-state index in [9.17, 15) is 9.59 Å². The van der Waals surface area contributed by atoms with Crippen LogP contribution in [0.1, 0.15) is 10.4 Å². The molecule has 0 heterocycles. The Morgan fingerprint density at radius 3 is 2.28 bits per heavy atom. The zero-order valence-electron chi connectivity index (χ0n) is 15.7. The number of hydrogen-bond acceptors (Lipinski definition) is 3. The summed E-state index contributed by atoms with van der Waals surface area (Å²) < 4.78 is 0. The van der Waals surface area contributed by atoms with E-state index in [-0.39, 0.29) is 18.4 Å². The topological polar surface area (TPSA) is 61.4 Å². The highest BCUT2D eigenvalue weighted by molar-refractivity contribution is 6.43. The molecular weight excluding hydrogens is 409 g/mol. The third-order valence-electron chi connectivity index (χ3n) is 4.25.